The van der Waals surface area contributed by atoms with Gasteiger partial charge in [-0.25, -0.2) is 0 Å². The number of rotatable bonds is 2. The van der Waals surface area contributed by atoms with Crippen molar-refractivity contribution in [2.75, 3.05) is 13.6 Å². The third kappa shape index (κ3) is 1.80. The van der Waals surface area contributed by atoms with Crippen molar-refractivity contribution in [1.82, 2.24) is 0 Å². The summed E-state index contributed by atoms with van der Waals surface area (Å²) in [6.07, 6.45) is 2.33. The van der Waals surface area contributed by atoms with E-state index in [0.717, 1.165) is 12.8 Å². The molecule has 82 valence electrons. The zero-order valence-electron chi connectivity index (χ0n) is 8.77. The van der Waals surface area contributed by atoms with Gasteiger partial charge in [0.25, 0.3) is 0 Å². The average Bonchev–Trinajstić information content (AvgIpc) is 2.27. The standard InChI is InChI=1S/C10H18O4/c1-3-7-9-10(14-5-11-7)8(4-2)12-6-13-9/h7-10H,3-6H2,1-2H3/t7-,8-,9?,10?/m0/s1. The third-order valence-electron chi connectivity index (χ3n) is 2.95. The minimum Gasteiger partial charge on any atom is -0.349 e. The van der Waals surface area contributed by atoms with Gasteiger partial charge in [0, 0.05) is 0 Å². The molecule has 2 rings (SSSR count). The van der Waals surface area contributed by atoms with Crippen molar-refractivity contribution < 1.29 is 18.9 Å². The molecule has 2 unspecified atom stereocenters. The monoisotopic (exact) mass is 202 g/mol. The van der Waals surface area contributed by atoms with Crippen LogP contribution in [0.4, 0.5) is 0 Å². The summed E-state index contributed by atoms with van der Waals surface area (Å²) in [5.41, 5.74) is 0. The molecule has 2 fully saturated rings. The molecule has 0 aromatic carbocycles. The predicted octanol–water partition coefficient (Wildman–Crippen LogP) is 1.29. The van der Waals surface area contributed by atoms with Crippen LogP contribution in [0.3, 0.4) is 0 Å². The molecular weight excluding hydrogens is 184 g/mol. The second kappa shape index (κ2) is 4.57. The maximum absolute atomic E-state index is 5.55. The van der Waals surface area contributed by atoms with Gasteiger partial charge in [-0.2, -0.15) is 0 Å². The normalized spacial score (nSPS) is 43.3. The lowest BCUT2D eigenvalue weighted by Gasteiger charge is -2.43. The molecular formula is C10H18O4. The fraction of sp³-hybridized carbons (Fsp3) is 1.00. The van der Waals surface area contributed by atoms with Crippen LogP contribution < -0.4 is 0 Å². The zero-order chi connectivity index (χ0) is 9.97. The number of fused-ring (bicyclic) bond motifs is 1. The SMILES string of the molecule is CC[C@@H]1OCOC2C1OCO[C@H]2CC. The van der Waals surface area contributed by atoms with Gasteiger partial charge >= 0.3 is 0 Å². The molecule has 2 aliphatic rings. The van der Waals surface area contributed by atoms with Crippen molar-refractivity contribution in [2.45, 2.75) is 51.1 Å². The molecule has 0 N–H and O–H groups in total. The van der Waals surface area contributed by atoms with E-state index in [9.17, 15) is 0 Å². The Labute approximate surface area is 84.5 Å². The van der Waals surface area contributed by atoms with Crippen LogP contribution in [0.2, 0.25) is 0 Å². The molecule has 4 heteroatoms. The highest BCUT2D eigenvalue weighted by Crippen LogP contribution is 2.28. The summed E-state index contributed by atoms with van der Waals surface area (Å²) in [6.45, 7) is 4.94. The van der Waals surface area contributed by atoms with Crippen molar-refractivity contribution in [3.63, 3.8) is 0 Å². The molecule has 0 aromatic rings. The van der Waals surface area contributed by atoms with Crippen molar-refractivity contribution in [2.24, 2.45) is 0 Å². The van der Waals surface area contributed by atoms with E-state index in [1.54, 1.807) is 0 Å². The molecule has 2 saturated heterocycles. The molecule has 2 heterocycles. The Balaban J connectivity index is 2.04. The van der Waals surface area contributed by atoms with Crippen LogP contribution in [0.5, 0.6) is 0 Å². The van der Waals surface area contributed by atoms with Crippen LogP contribution in [-0.2, 0) is 18.9 Å². The average molecular weight is 202 g/mol. The number of hydrogen-bond acceptors (Lipinski definition) is 4. The lowest BCUT2D eigenvalue weighted by Crippen LogP contribution is -2.56. The summed E-state index contributed by atoms with van der Waals surface area (Å²) in [5.74, 6) is 0. The van der Waals surface area contributed by atoms with E-state index in [1.165, 1.54) is 0 Å². The Bertz CT molecular complexity index is 165. The molecule has 2 aliphatic heterocycles. The molecule has 14 heavy (non-hydrogen) atoms. The number of hydrogen-bond donors (Lipinski definition) is 0. The maximum Gasteiger partial charge on any atom is 0.147 e. The summed E-state index contributed by atoms with van der Waals surface area (Å²) >= 11 is 0. The van der Waals surface area contributed by atoms with Crippen LogP contribution >= 0.6 is 0 Å². The fourth-order valence-corrected chi connectivity index (χ4v) is 2.13. The minimum atomic E-state index is 0.0486. The summed E-state index contributed by atoms with van der Waals surface area (Å²) in [5, 5.41) is 0. The van der Waals surface area contributed by atoms with E-state index in [2.05, 4.69) is 13.8 Å². The quantitative estimate of drug-likeness (QED) is 0.676. The summed E-state index contributed by atoms with van der Waals surface area (Å²) in [6, 6.07) is 0. The van der Waals surface area contributed by atoms with Crippen LogP contribution in [0.25, 0.3) is 0 Å². The van der Waals surface area contributed by atoms with Crippen LogP contribution in [0, 0.1) is 0 Å². The summed E-state index contributed by atoms with van der Waals surface area (Å²) < 4.78 is 22.1. The molecule has 0 amide bonds. The molecule has 0 radical (unpaired) electrons. The van der Waals surface area contributed by atoms with E-state index in [4.69, 9.17) is 18.9 Å². The lowest BCUT2D eigenvalue weighted by molar-refractivity contribution is -0.322. The van der Waals surface area contributed by atoms with Gasteiger partial charge in [0.1, 0.15) is 25.8 Å². The first-order chi connectivity index (χ1) is 6.86. The van der Waals surface area contributed by atoms with Crippen molar-refractivity contribution in [3.05, 3.63) is 0 Å². The number of ether oxygens (including phenoxy) is 4. The van der Waals surface area contributed by atoms with E-state index in [1.807, 2.05) is 0 Å². The van der Waals surface area contributed by atoms with Gasteiger partial charge < -0.3 is 18.9 Å². The van der Waals surface area contributed by atoms with Gasteiger partial charge in [0.15, 0.2) is 0 Å². The van der Waals surface area contributed by atoms with Crippen LogP contribution in [0.1, 0.15) is 26.7 Å². The van der Waals surface area contributed by atoms with Gasteiger partial charge in [-0.3, -0.25) is 0 Å². The fourth-order valence-electron chi connectivity index (χ4n) is 2.13. The Morgan fingerprint density at radius 2 is 1.21 bits per heavy atom. The highest BCUT2D eigenvalue weighted by atomic mass is 16.8. The van der Waals surface area contributed by atoms with Crippen LogP contribution in [-0.4, -0.2) is 38.0 Å². The molecule has 0 spiro atoms. The first kappa shape index (κ1) is 10.4. The Morgan fingerprint density at radius 3 is 1.57 bits per heavy atom. The van der Waals surface area contributed by atoms with Gasteiger partial charge in [-0.1, -0.05) is 13.8 Å². The maximum atomic E-state index is 5.55. The van der Waals surface area contributed by atoms with Crippen molar-refractivity contribution in [3.8, 4) is 0 Å². The van der Waals surface area contributed by atoms with E-state index >= 15 is 0 Å². The predicted molar refractivity (Wildman–Crippen MR) is 49.8 cm³/mol. The highest BCUT2D eigenvalue weighted by molar-refractivity contribution is 4.88. The molecule has 4 nitrogen and oxygen atoms in total. The summed E-state index contributed by atoms with van der Waals surface area (Å²) in [4.78, 5) is 0. The highest BCUT2D eigenvalue weighted by Gasteiger charge is 2.42. The first-order valence-corrected chi connectivity index (χ1v) is 5.33. The zero-order valence-corrected chi connectivity index (χ0v) is 8.77. The minimum absolute atomic E-state index is 0.0486. The second-order valence-corrected chi connectivity index (χ2v) is 3.73. The van der Waals surface area contributed by atoms with Crippen molar-refractivity contribution in [1.29, 1.82) is 0 Å². The van der Waals surface area contributed by atoms with E-state index < -0.39 is 0 Å². The van der Waals surface area contributed by atoms with Gasteiger partial charge in [-0.05, 0) is 12.8 Å². The smallest absolute Gasteiger partial charge is 0.147 e. The first-order valence-electron chi connectivity index (χ1n) is 5.33. The van der Waals surface area contributed by atoms with Gasteiger partial charge in [0.2, 0.25) is 0 Å². The lowest BCUT2D eigenvalue weighted by atomic mass is 9.98. The third-order valence-corrected chi connectivity index (χ3v) is 2.95. The molecule has 0 saturated carbocycles. The largest absolute Gasteiger partial charge is 0.349 e. The van der Waals surface area contributed by atoms with E-state index in [-0.39, 0.29) is 24.4 Å². The van der Waals surface area contributed by atoms with Gasteiger partial charge in [0.05, 0.1) is 12.2 Å². The van der Waals surface area contributed by atoms with Crippen molar-refractivity contribution >= 4 is 0 Å². The van der Waals surface area contributed by atoms with E-state index in [0.29, 0.717) is 13.6 Å². The second-order valence-electron chi connectivity index (χ2n) is 3.73. The molecule has 0 bridgehead atoms. The summed E-state index contributed by atoms with van der Waals surface area (Å²) in [7, 11) is 0. The molecule has 0 aliphatic carbocycles. The Hall–Kier alpha value is -0.160. The molecule has 4 atom stereocenters. The topological polar surface area (TPSA) is 36.9 Å². The Kier molecular flexibility index (Phi) is 3.38. The molecule has 0 aromatic heterocycles. The Morgan fingerprint density at radius 1 is 0.786 bits per heavy atom. The van der Waals surface area contributed by atoms with Crippen LogP contribution in [0.15, 0.2) is 0 Å². The van der Waals surface area contributed by atoms with Gasteiger partial charge in [-0.15, -0.1) is 0 Å².